The van der Waals surface area contributed by atoms with E-state index in [1.165, 1.54) is 0 Å². The van der Waals surface area contributed by atoms with Gasteiger partial charge >= 0.3 is 12.1 Å². The lowest BCUT2D eigenvalue weighted by Gasteiger charge is -2.20. The van der Waals surface area contributed by atoms with Gasteiger partial charge in [0.05, 0.1) is 0 Å². The monoisotopic (exact) mass is 316 g/mol. The van der Waals surface area contributed by atoms with Gasteiger partial charge in [-0.15, -0.1) is 12.6 Å². The third-order valence-electron chi connectivity index (χ3n) is 2.41. The summed E-state index contributed by atoms with van der Waals surface area (Å²) in [6, 6.07) is 0. The fourth-order valence-corrected chi connectivity index (χ4v) is 1.23. The minimum Gasteiger partial charge on any atom is -0.476 e. The van der Waals surface area contributed by atoms with Crippen LogP contribution < -0.4 is 5.32 Å². The summed E-state index contributed by atoms with van der Waals surface area (Å²) in [7, 11) is 0. The molecule has 0 fully saturated rings. The van der Waals surface area contributed by atoms with Crippen LogP contribution in [0.4, 0.5) is 4.79 Å². The van der Waals surface area contributed by atoms with E-state index < -0.39 is 17.7 Å². The summed E-state index contributed by atoms with van der Waals surface area (Å²) in [6.45, 7) is 12.6. The molecule has 6 nitrogen and oxygen atoms in total. The largest absolute Gasteiger partial charge is 0.476 e. The van der Waals surface area contributed by atoms with Crippen LogP contribution in [-0.4, -0.2) is 28.5 Å². The number of carbonyl (C=O) groups excluding carboxylic acids is 1. The van der Waals surface area contributed by atoms with Crippen molar-refractivity contribution in [2.75, 3.05) is 0 Å². The number of carboxylic acids is 1. The number of nitrogens with one attached hydrogen (secondary N) is 1. The van der Waals surface area contributed by atoms with Gasteiger partial charge in [-0.2, -0.15) is 0 Å². The van der Waals surface area contributed by atoms with E-state index in [0.29, 0.717) is 5.71 Å². The zero-order valence-corrected chi connectivity index (χ0v) is 14.5. The molecule has 0 atom stereocenters. The topological polar surface area (TPSA) is 88.0 Å². The van der Waals surface area contributed by atoms with Crippen LogP contribution in [0.3, 0.4) is 0 Å². The number of nitrogens with zero attached hydrogens (tertiary/aromatic N) is 1. The van der Waals surface area contributed by atoms with Crippen molar-refractivity contribution < 1.29 is 19.4 Å². The SMILES string of the molecule is CC(=N/C(C(=O)O)=C(\S)NC(=O)OC(C)(C)C)C(C)(C)C. The van der Waals surface area contributed by atoms with E-state index in [9.17, 15) is 14.7 Å². The van der Waals surface area contributed by atoms with Crippen molar-refractivity contribution >= 4 is 30.4 Å². The number of amides is 1. The lowest BCUT2D eigenvalue weighted by molar-refractivity contribution is -0.132. The van der Waals surface area contributed by atoms with Crippen molar-refractivity contribution in [3.63, 3.8) is 0 Å². The average molecular weight is 316 g/mol. The van der Waals surface area contributed by atoms with Gasteiger partial charge in [0.15, 0.2) is 5.70 Å². The lowest BCUT2D eigenvalue weighted by Crippen LogP contribution is -2.32. The van der Waals surface area contributed by atoms with Crippen LogP contribution in [0.1, 0.15) is 48.5 Å². The number of alkyl carbamates (subject to hydrolysis) is 1. The molecule has 0 saturated carbocycles. The van der Waals surface area contributed by atoms with Gasteiger partial charge < -0.3 is 9.84 Å². The number of aliphatic carboxylic acids is 1. The first-order chi connectivity index (χ1) is 9.24. The second-order valence-corrected chi connectivity index (χ2v) is 7.02. The molecule has 1 amide bonds. The van der Waals surface area contributed by atoms with Crippen LogP contribution in [-0.2, 0) is 9.53 Å². The fraction of sp³-hybridized carbons (Fsp3) is 0.643. The number of ether oxygens (including phenoxy) is 1. The van der Waals surface area contributed by atoms with Crippen molar-refractivity contribution in [1.29, 1.82) is 0 Å². The minimum absolute atomic E-state index is 0.166. The summed E-state index contributed by atoms with van der Waals surface area (Å²) in [5, 5.41) is 11.3. The summed E-state index contributed by atoms with van der Waals surface area (Å²) in [5.41, 5.74) is -0.707. The van der Waals surface area contributed by atoms with E-state index in [2.05, 4.69) is 22.9 Å². The molecule has 21 heavy (non-hydrogen) atoms. The highest BCUT2D eigenvalue weighted by atomic mass is 32.1. The van der Waals surface area contributed by atoms with Crippen LogP contribution in [0, 0.1) is 5.41 Å². The van der Waals surface area contributed by atoms with Crippen molar-refractivity contribution in [2.24, 2.45) is 10.4 Å². The fourth-order valence-electron chi connectivity index (χ4n) is 0.997. The van der Waals surface area contributed by atoms with E-state index in [1.807, 2.05) is 20.8 Å². The number of hydrogen-bond acceptors (Lipinski definition) is 5. The molecule has 0 rings (SSSR count). The zero-order valence-electron chi connectivity index (χ0n) is 13.6. The summed E-state index contributed by atoms with van der Waals surface area (Å²) >= 11 is 4.00. The molecule has 0 spiro atoms. The number of carbonyl (C=O) groups is 2. The maximum absolute atomic E-state index is 11.6. The van der Waals surface area contributed by atoms with Gasteiger partial charge in [0.1, 0.15) is 10.6 Å². The van der Waals surface area contributed by atoms with E-state index in [1.54, 1.807) is 27.7 Å². The van der Waals surface area contributed by atoms with Crippen molar-refractivity contribution in [3.8, 4) is 0 Å². The molecule has 0 unspecified atom stereocenters. The number of rotatable bonds is 3. The van der Waals surface area contributed by atoms with Crippen molar-refractivity contribution in [1.82, 2.24) is 5.32 Å². The van der Waals surface area contributed by atoms with Crippen LogP contribution in [0.2, 0.25) is 0 Å². The number of carboxylic acid groups (broad SMARTS) is 1. The molecule has 120 valence electrons. The first kappa shape index (κ1) is 19.5. The van der Waals surface area contributed by atoms with Gasteiger partial charge in [0, 0.05) is 5.71 Å². The van der Waals surface area contributed by atoms with E-state index in [-0.39, 0.29) is 16.1 Å². The molecule has 7 heteroatoms. The number of aliphatic imine (C=N–C) groups is 1. The Morgan fingerprint density at radius 1 is 1.14 bits per heavy atom. The molecule has 0 aliphatic carbocycles. The van der Waals surface area contributed by atoms with Gasteiger partial charge in [-0.25, -0.2) is 14.6 Å². The zero-order chi connectivity index (χ0) is 17.0. The Balaban J connectivity index is 5.36. The first-order valence-corrected chi connectivity index (χ1v) is 6.91. The lowest BCUT2D eigenvalue weighted by atomic mass is 9.91. The molecule has 0 saturated heterocycles. The Morgan fingerprint density at radius 3 is 1.95 bits per heavy atom. The van der Waals surface area contributed by atoms with E-state index in [0.717, 1.165) is 0 Å². The quantitative estimate of drug-likeness (QED) is 0.424. The summed E-state index contributed by atoms with van der Waals surface area (Å²) < 4.78 is 5.04. The Kier molecular flexibility index (Phi) is 6.48. The summed E-state index contributed by atoms with van der Waals surface area (Å²) in [5.74, 6) is -1.28. The smallest absolute Gasteiger partial charge is 0.412 e. The highest BCUT2D eigenvalue weighted by Crippen LogP contribution is 2.19. The molecule has 0 aromatic carbocycles. The third kappa shape index (κ3) is 7.75. The molecule has 0 heterocycles. The molecular formula is C14H24N2O4S. The molecular weight excluding hydrogens is 292 g/mol. The van der Waals surface area contributed by atoms with E-state index >= 15 is 0 Å². The first-order valence-electron chi connectivity index (χ1n) is 6.46. The molecule has 0 bridgehead atoms. The number of hydrogen-bond donors (Lipinski definition) is 3. The Morgan fingerprint density at radius 2 is 1.62 bits per heavy atom. The highest BCUT2D eigenvalue weighted by Gasteiger charge is 2.21. The molecule has 2 N–H and O–H groups in total. The molecule has 0 aromatic rings. The number of thiol groups is 1. The van der Waals surface area contributed by atoms with Crippen LogP contribution >= 0.6 is 12.6 Å². The van der Waals surface area contributed by atoms with Crippen molar-refractivity contribution in [2.45, 2.75) is 54.1 Å². The van der Waals surface area contributed by atoms with Gasteiger partial charge in [-0.1, -0.05) is 20.8 Å². The van der Waals surface area contributed by atoms with Crippen LogP contribution in [0.15, 0.2) is 15.7 Å². The Labute approximate surface area is 131 Å². The Bertz CT molecular complexity index is 482. The normalized spacial score (nSPS) is 14.4. The third-order valence-corrected chi connectivity index (χ3v) is 2.73. The van der Waals surface area contributed by atoms with Gasteiger partial charge in [-0.3, -0.25) is 5.32 Å². The molecule has 0 aromatic heterocycles. The van der Waals surface area contributed by atoms with Gasteiger partial charge in [0.25, 0.3) is 0 Å². The maximum Gasteiger partial charge on any atom is 0.412 e. The second kappa shape index (κ2) is 6.98. The highest BCUT2D eigenvalue weighted by molar-refractivity contribution is 7.84. The predicted octanol–water partition coefficient (Wildman–Crippen LogP) is 3.20. The summed E-state index contributed by atoms with van der Waals surface area (Å²) in [6.07, 6.45) is -0.783. The summed E-state index contributed by atoms with van der Waals surface area (Å²) in [4.78, 5) is 26.9. The second-order valence-electron chi connectivity index (χ2n) is 6.58. The van der Waals surface area contributed by atoms with E-state index in [4.69, 9.17) is 4.74 Å². The van der Waals surface area contributed by atoms with Gasteiger partial charge in [-0.05, 0) is 33.1 Å². The average Bonchev–Trinajstić information content (AvgIpc) is 2.19. The molecule has 0 aliphatic rings. The maximum atomic E-state index is 11.6. The molecule has 0 aliphatic heterocycles. The standard InChI is InChI=1S/C14H24N2O4S/c1-8(13(2,3)4)15-9(11(17)18)10(21)16-12(19)20-14(5,6)7/h21H,1-7H3,(H,16,19)(H,17,18)/b10-9-,15-8?. The van der Waals surface area contributed by atoms with Gasteiger partial charge in [0.2, 0.25) is 0 Å². The van der Waals surface area contributed by atoms with Crippen molar-refractivity contribution in [3.05, 3.63) is 10.7 Å². The Hall–Kier alpha value is -1.50. The van der Waals surface area contributed by atoms with Crippen LogP contribution in [0.5, 0.6) is 0 Å². The predicted molar refractivity (Wildman–Crippen MR) is 85.6 cm³/mol. The minimum atomic E-state index is -1.28. The molecule has 0 radical (unpaired) electrons. The van der Waals surface area contributed by atoms with Crippen LogP contribution in [0.25, 0.3) is 0 Å².